The summed E-state index contributed by atoms with van der Waals surface area (Å²) in [6.07, 6.45) is 3.17. The molecule has 0 radical (unpaired) electrons. The molecule has 0 aliphatic rings. The summed E-state index contributed by atoms with van der Waals surface area (Å²) in [6.45, 7) is 0.202. The van der Waals surface area contributed by atoms with Crippen molar-refractivity contribution in [2.45, 2.75) is 31.7 Å². The van der Waals surface area contributed by atoms with E-state index in [1.54, 1.807) is 0 Å². The third-order valence-electron chi connectivity index (χ3n) is 1.68. The largest absolute Gasteiger partial charge is 0.468 e. The molecule has 0 heterocycles. The van der Waals surface area contributed by atoms with Crippen molar-refractivity contribution in [2.75, 3.05) is 13.7 Å². The summed E-state index contributed by atoms with van der Waals surface area (Å²) in [5, 5.41) is 8.46. The van der Waals surface area contributed by atoms with Gasteiger partial charge < -0.3 is 15.6 Å². The maximum atomic E-state index is 10.8. The lowest BCUT2D eigenvalue weighted by molar-refractivity contribution is -0.142. The molecule has 3 N–H and O–H groups in total. The SMILES string of the molecule is COC(=O)C(N)CCCCCO. The molecular formula is C8H17NO3. The van der Waals surface area contributed by atoms with Crippen LogP contribution >= 0.6 is 0 Å². The molecular weight excluding hydrogens is 158 g/mol. The summed E-state index contributed by atoms with van der Waals surface area (Å²) in [5.74, 6) is -0.362. The lowest BCUT2D eigenvalue weighted by Crippen LogP contribution is -2.31. The number of ether oxygens (including phenoxy) is 1. The van der Waals surface area contributed by atoms with Gasteiger partial charge in [-0.1, -0.05) is 12.8 Å². The van der Waals surface area contributed by atoms with Gasteiger partial charge in [0.15, 0.2) is 0 Å². The lowest BCUT2D eigenvalue weighted by atomic mass is 10.1. The first-order chi connectivity index (χ1) is 5.72. The van der Waals surface area contributed by atoms with E-state index < -0.39 is 6.04 Å². The number of methoxy groups -OCH3 is 1. The van der Waals surface area contributed by atoms with Crippen LogP contribution in [0.5, 0.6) is 0 Å². The summed E-state index contributed by atoms with van der Waals surface area (Å²) >= 11 is 0. The second-order valence-corrected chi connectivity index (χ2v) is 2.70. The van der Waals surface area contributed by atoms with Gasteiger partial charge >= 0.3 is 5.97 Å². The van der Waals surface area contributed by atoms with Gasteiger partial charge in [-0.3, -0.25) is 4.79 Å². The number of aliphatic hydroxyl groups is 1. The van der Waals surface area contributed by atoms with Crippen molar-refractivity contribution in [1.82, 2.24) is 0 Å². The van der Waals surface area contributed by atoms with Crippen molar-refractivity contribution >= 4 is 5.97 Å². The molecule has 0 fully saturated rings. The summed E-state index contributed by atoms with van der Waals surface area (Å²) in [5.41, 5.74) is 5.47. The molecule has 0 aromatic heterocycles. The van der Waals surface area contributed by atoms with Gasteiger partial charge in [-0.05, 0) is 12.8 Å². The fourth-order valence-corrected chi connectivity index (χ4v) is 0.922. The summed E-state index contributed by atoms with van der Waals surface area (Å²) < 4.78 is 4.46. The van der Waals surface area contributed by atoms with Crippen LogP contribution < -0.4 is 5.73 Å². The summed E-state index contributed by atoms with van der Waals surface area (Å²) in [4.78, 5) is 10.8. The second-order valence-electron chi connectivity index (χ2n) is 2.70. The molecule has 0 bridgehead atoms. The van der Waals surface area contributed by atoms with E-state index in [-0.39, 0.29) is 12.6 Å². The smallest absolute Gasteiger partial charge is 0.322 e. The van der Waals surface area contributed by atoms with E-state index >= 15 is 0 Å². The molecule has 1 atom stereocenters. The molecule has 4 nitrogen and oxygen atoms in total. The first kappa shape index (κ1) is 11.4. The zero-order valence-electron chi connectivity index (χ0n) is 7.45. The Kier molecular flexibility index (Phi) is 6.70. The van der Waals surface area contributed by atoms with Gasteiger partial charge in [-0.2, -0.15) is 0 Å². The van der Waals surface area contributed by atoms with Crippen LogP contribution in [0.1, 0.15) is 25.7 Å². The topological polar surface area (TPSA) is 72.5 Å². The maximum Gasteiger partial charge on any atom is 0.322 e. The molecule has 0 saturated heterocycles. The minimum Gasteiger partial charge on any atom is -0.468 e. The zero-order valence-corrected chi connectivity index (χ0v) is 7.45. The Morgan fingerprint density at radius 1 is 1.50 bits per heavy atom. The summed E-state index contributed by atoms with van der Waals surface area (Å²) in [6, 6.07) is -0.506. The van der Waals surface area contributed by atoms with Crippen molar-refractivity contribution in [3.05, 3.63) is 0 Å². The van der Waals surface area contributed by atoms with Gasteiger partial charge in [0.05, 0.1) is 7.11 Å². The van der Waals surface area contributed by atoms with E-state index in [9.17, 15) is 4.79 Å². The van der Waals surface area contributed by atoms with Gasteiger partial charge in [-0.15, -0.1) is 0 Å². The Bertz CT molecular complexity index is 127. The van der Waals surface area contributed by atoms with Crippen LogP contribution in [-0.4, -0.2) is 30.8 Å². The summed E-state index contributed by atoms with van der Waals surface area (Å²) in [7, 11) is 1.33. The fourth-order valence-electron chi connectivity index (χ4n) is 0.922. The number of unbranched alkanes of at least 4 members (excludes halogenated alkanes) is 2. The molecule has 0 amide bonds. The van der Waals surface area contributed by atoms with Crippen LogP contribution in [0.15, 0.2) is 0 Å². The van der Waals surface area contributed by atoms with E-state index in [1.807, 2.05) is 0 Å². The highest BCUT2D eigenvalue weighted by Gasteiger charge is 2.11. The van der Waals surface area contributed by atoms with Crippen LogP contribution in [0.3, 0.4) is 0 Å². The zero-order chi connectivity index (χ0) is 9.40. The van der Waals surface area contributed by atoms with E-state index in [0.29, 0.717) is 6.42 Å². The highest BCUT2D eigenvalue weighted by molar-refractivity contribution is 5.75. The molecule has 0 aromatic carbocycles. The first-order valence-corrected chi connectivity index (χ1v) is 4.16. The van der Waals surface area contributed by atoms with Crippen molar-refractivity contribution < 1.29 is 14.6 Å². The second kappa shape index (κ2) is 7.06. The molecule has 0 aliphatic carbocycles. The molecule has 12 heavy (non-hydrogen) atoms. The number of hydrogen-bond donors (Lipinski definition) is 2. The third-order valence-corrected chi connectivity index (χ3v) is 1.68. The number of aliphatic hydroxyl groups excluding tert-OH is 1. The minimum atomic E-state index is -0.506. The highest BCUT2D eigenvalue weighted by atomic mass is 16.5. The average molecular weight is 175 g/mol. The van der Waals surface area contributed by atoms with E-state index in [1.165, 1.54) is 7.11 Å². The Hall–Kier alpha value is -0.610. The fraction of sp³-hybridized carbons (Fsp3) is 0.875. The van der Waals surface area contributed by atoms with Crippen LogP contribution in [0.25, 0.3) is 0 Å². The molecule has 0 rings (SSSR count). The molecule has 1 unspecified atom stereocenters. The van der Waals surface area contributed by atoms with Crippen molar-refractivity contribution in [3.63, 3.8) is 0 Å². The number of hydrogen-bond acceptors (Lipinski definition) is 4. The van der Waals surface area contributed by atoms with E-state index in [0.717, 1.165) is 19.3 Å². The van der Waals surface area contributed by atoms with Gasteiger partial charge in [0.2, 0.25) is 0 Å². The first-order valence-electron chi connectivity index (χ1n) is 4.16. The third kappa shape index (κ3) is 5.09. The predicted octanol–water partition coefficient (Wildman–Crippen LogP) is 0.0394. The Balaban J connectivity index is 3.31. The number of carbonyl (C=O) groups is 1. The van der Waals surface area contributed by atoms with E-state index in [4.69, 9.17) is 10.8 Å². The molecule has 0 spiro atoms. The van der Waals surface area contributed by atoms with Crippen molar-refractivity contribution in [3.8, 4) is 0 Å². The number of nitrogens with two attached hydrogens (primary N) is 1. The van der Waals surface area contributed by atoms with Gasteiger partial charge in [-0.25, -0.2) is 0 Å². The molecule has 4 heteroatoms. The minimum absolute atomic E-state index is 0.202. The average Bonchev–Trinajstić information content (AvgIpc) is 2.10. The van der Waals surface area contributed by atoms with Crippen LogP contribution in [0.4, 0.5) is 0 Å². The van der Waals surface area contributed by atoms with Crippen molar-refractivity contribution in [1.29, 1.82) is 0 Å². The Morgan fingerprint density at radius 3 is 2.67 bits per heavy atom. The number of carbonyl (C=O) groups excluding carboxylic acids is 1. The lowest BCUT2D eigenvalue weighted by Gasteiger charge is -2.07. The molecule has 0 aromatic rings. The molecule has 72 valence electrons. The van der Waals surface area contributed by atoms with Crippen LogP contribution in [-0.2, 0) is 9.53 Å². The molecule has 0 saturated carbocycles. The Labute approximate surface area is 72.7 Å². The predicted molar refractivity (Wildman–Crippen MR) is 45.5 cm³/mol. The normalized spacial score (nSPS) is 12.6. The van der Waals surface area contributed by atoms with Gasteiger partial charge in [0, 0.05) is 6.61 Å². The quantitative estimate of drug-likeness (QED) is 0.441. The van der Waals surface area contributed by atoms with Crippen LogP contribution in [0.2, 0.25) is 0 Å². The van der Waals surface area contributed by atoms with Crippen molar-refractivity contribution in [2.24, 2.45) is 5.73 Å². The van der Waals surface area contributed by atoms with E-state index in [2.05, 4.69) is 4.74 Å². The van der Waals surface area contributed by atoms with Crippen LogP contribution in [0, 0.1) is 0 Å². The monoisotopic (exact) mass is 175 g/mol. The Morgan fingerprint density at radius 2 is 2.17 bits per heavy atom. The molecule has 0 aliphatic heterocycles. The highest BCUT2D eigenvalue weighted by Crippen LogP contribution is 2.02. The maximum absolute atomic E-state index is 10.8. The number of esters is 1. The van der Waals surface area contributed by atoms with Gasteiger partial charge in [0.1, 0.15) is 6.04 Å². The standard InChI is InChI=1S/C8H17NO3/c1-12-8(11)7(9)5-3-2-4-6-10/h7,10H,2-6,9H2,1H3. The number of rotatable bonds is 6. The van der Waals surface area contributed by atoms with Gasteiger partial charge in [0.25, 0.3) is 0 Å².